The fourth-order valence-electron chi connectivity index (χ4n) is 2.16. The maximum absolute atomic E-state index is 11.9. The van der Waals surface area contributed by atoms with E-state index in [2.05, 4.69) is 9.88 Å². The number of nitrogens with two attached hydrogens (primary N) is 1. The Morgan fingerprint density at radius 2 is 2.20 bits per heavy atom. The van der Waals surface area contributed by atoms with Crippen LogP contribution in [0, 0.1) is 0 Å². The number of ether oxygens (including phenoxy) is 2. The van der Waals surface area contributed by atoms with Gasteiger partial charge in [-0.15, -0.1) is 0 Å². The molecule has 0 radical (unpaired) electrons. The lowest BCUT2D eigenvalue weighted by Gasteiger charge is -2.29. The third-order valence-corrected chi connectivity index (χ3v) is 4.38. The fourth-order valence-corrected chi connectivity index (χ4v) is 3.17. The van der Waals surface area contributed by atoms with E-state index in [0.717, 1.165) is 31.1 Å². The lowest BCUT2D eigenvalue weighted by molar-refractivity contribution is 0.0527. The smallest absolute Gasteiger partial charge is 0.350 e. The lowest BCUT2D eigenvalue weighted by atomic mass is 10.1. The Labute approximate surface area is 122 Å². The third kappa shape index (κ3) is 3.47. The van der Waals surface area contributed by atoms with E-state index in [0.29, 0.717) is 23.8 Å². The maximum Gasteiger partial charge on any atom is 0.350 e. The molecular formula is C13H21N3O3S. The molecule has 2 rings (SSSR count). The molecule has 6 nitrogen and oxygen atoms in total. The van der Waals surface area contributed by atoms with Gasteiger partial charge in [-0.3, -0.25) is 0 Å². The van der Waals surface area contributed by atoms with Gasteiger partial charge >= 0.3 is 5.97 Å². The zero-order chi connectivity index (χ0) is 14.5. The van der Waals surface area contributed by atoms with Crippen LogP contribution in [0.5, 0.6) is 0 Å². The molecule has 1 saturated heterocycles. The summed E-state index contributed by atoms with van der Waals surface area (Å²) in [4.78, 5) is 19.2. The van der Waals surface area contributed by atoms with Crippen LogP contribution in [-0.4, -0.2) is 43.8 Å². The van der Waals surface area contributed by atoms with Gasteiger partial charge in [0.2, 0.25) is 0 Å². The van der Waals surface area contributed by atoms with Crippen LogP contribution in [0.2, 0.25) is 0 Å². The summed E-state index contributed by atoms with van der Waals surface area (Å²) in [6.07, 6.45) is 1.90. The minimum atomic E-state index is -0.322. The zero-order valence-electron chi connectivity index (χ0n) is 11.9. The number of nitrogens with zero attached hydrogens (tertiary/aromatic N) is 2. The van der Waals surface area contributed by atoms with Crippen molar-refractivity contribution < 1.29 is 14.3 Å². The number of hydrogen-bond donors (Lipinski definition) is 1. The van der Waals surface area contributed by atoms with Crippen LogP contribution in [0.25, 0.3) is 0 Å². The number of thiazole rings is 1. The fraction of sp³-hybridized carbons (Fsp3) is 0.692. The predicted octanol–water partition coefficient (Wildman–Crippen LogP) is 1.39. The number of hydrogen-bond acceptors (Lipinski definition) is 7. The van der Waals surface area contributed by atoms with Crippen molar-refractivity contribution in [1.29, 1.82) is 0 Å². The first-order chi connectivity index (χ1) is 9.65. The second-order valence-corrected chi connectivity index (χ2v) is 5.73. The predicted molar refractivity (Wildman–Crippen MR) is 78.2 cm³/mol. The van der Waals surface area contributed by atoms with Gasteiger partial charge < -0.3 is 20.1 Å². The highest BCUT2D eigenvalue weighted by Crippen LogP contribution is 2.29. The first-order valence-electron chi connectivity index (χ1n) is 6.82. The number of esters is 1. The normalized spacial score (nSPS) is 16.4. The number of carbonyl (C=O) groups excluding carboxylic acids is 1. The quantitative estimate of drug-likeness (QED) is 0.828. The van der Waals surface area contributed by atoms with Crippen molar-refractivity contribution in [2.75, 3.05) is 31.7 Å². The summed E-state index contributed by atoms with van der Waals surface area (Å²) in [6, 6.07) is 0.272. The van der Waals surface area contributed by atoms with Gasteiger partial charge in [-0.2, -0.15) is 0 Å². The summed E-state index contributed by atoms with van der Waals surface area (Å²) in [5.41, 5.74) is 6.56. The SMILES string of the molecule is CCOC(=O)c1sc(N2CCC(N)CC2)nc1COC. The van der Waals surface area contributed by atoms with Gasteiger partial charge in [0.25, 0.3) is 0 Å². The Morgan fingerprint density at radius 3 is 2.80 bits per heavy atom. The molecule has 7 heteroatoms. The lowest BCUT2D eigenvalue weighted by Crippen LogP contribution is -2.39. The minimum Gasteiger partial charge on any atom is -0.462 e. The van der Waals surface area contributed by atoms with Crippen molar-refractivity contribution in [1.82, 2.24) is 4.98 Å². The van der Waals surface area contributed by atoms with Crippen LogP contribution in [0.3, 0.4) is 0 Å². The largest absolute Gasteiger partial charge is 0.462 e. The number of methoxy groups -OCH3 is 1. The van der Waals surface area contributed by atoms with Crippen LogP contribution in [-0.2, 0) is 16.1 Å². The topological polar surface area (TPSA) is 77.7 Å². The highest BCUT2D eigenvalue weighted by Gasteiger charge is 2.24. The van der Waals surface area contributed by atoms with Crippen molar-refractivity contribution in [2.24, 2.45) is 5.73 Å². The van der Waals surface area contributed by atoms with Gasteiger partial charge in [0, 0.05) is 26.2 Å². The monoisotopic (exact) mass is 299 g/mol. The molecule has 20 heavy (non-hydrogen) atoms. The summed E-state index contributed by atoms with van der Waals surface area (Å²) in [6.45, 7) is 4.23. The number of aromatic nitrogens is 1. The summed E-state index contributed by atoms with van der Waals surface area (Å²) in [7, 11) is 1.59. The van der Waals surface area contributed by atoms with Gasteiger partial charge in [0.15, 0.2) is 5.13 Å². The van der Waals surface area contributed by atoms with Crippen molar-refractivity contribution in [3.63, 3.8) is 0 Å². The van der Waals surface area contributed by atoms with E-state index < -0.39 is 0 Å². The maximum atomic E-state index is 11.9. The second kappa shape index (κ2) is 7.01. The van der Waals surface area contributed by atoms with Crippen molar-refractivity contribution in [3.8, 4) is 0 Å². The zero-order valence-corrected chi connectivity index (χ0v) is 12.7. The molecule has 0 unspecified atom stereocenters. The molecule has 0 saturated carbocycles. The Kier molecular flexibility index (Phi) is 5.33. The third-order valence-electron chi connectivity index (χ3n) is 3.24. The van der Waals surface area contributed by atoms with Gasteiger partial charge in [0.1, 0.15) is 4.88 Å². The van der Waals surface area contributed by atoms with Crippen molar-refractivity contribution in [3.05, 3.63) is 10.6 Å². The summed E-state index contributed by atoms with van der Waals surface area (Å²) in [5.74, 6) is -0.322. The van der Waals surface area contributed by atoms with Gasteiger partial charge in [-0.1, -0.05) is 11.3 Å². The molecular weight excluding hydrogens is 278 g/mol. The molecule has 2 heterocycles. The van der Waals surface area contributed by atoms with Crippen LogP contribution in [0.1, 0.15) is 35.1 Å². The molecule has 1 aliphatic heterocycles. The molecule has 0 atom stereocenters. The van der Waals surface area contributed by atoms with Gasteiger partial charge in [-0.05, 0) is 19.8 Å². The van der Waals surface area contributed by atoms with E-state index >= 15 is 0 Å². The molecule has 2 N–H and O–H groups in total. The highest BCUT2D eigenvalue weighted by atomic mass is 32.1. The van der Waals surface area contributed by atoms with Crippen LogP contribution >= 0.6 is 11.3 Å². The summed E-state index contributed by atoms with van der Waals surface area (Å²) >= 11 is 1.37. The molecule has 1 aliphatic rings. The molecule has 1 aromatic heterocycles. The van der Waals surface area contributed by atoms with Gasteiger partial charge in [-0.25, -0.2) is 9.78 Å². The Bertz CT molecular complexity index is 456. The molecule has 0 aromatic carbocycles. The molecule has 0 aliphatic carbocycles. The number of carbonyl (C=O) groups is 1. The summed E-state index contributed by atoms with van der Waals surface area (Å²) in [5, 5.41) is 0.854. The molecule has 1 fully saturated rings. The first kappa shape index (κ1) is 15.2. The average molecular weight is 299 g/mol. The van der Waals surface area contributed by atoms with Crippen LogP contribution < -0.4 is 10.6 Å². The number of piperidine rings is 1. The van der Waals surface area contributed by atoms with Crippen LogP contribution in [0.15, 0.2) is 0 Å². The number of rotatable bonds is 5. The highest BCUT2D eigenvalue weighted by molar-refractivity contribution is 7.17. The van der Waals surface area contributed by atoms with E-state index in [1.165, 1.54) is 11.3 Å². The molecule has 112 valence electrons. The van der Waals surface area contributed by atoms with E-state index in [-0.39, 0.29) is 12.0 Å². The Morgan fingerprint density at radius 1 is 1.50 bits per heavy atom. The molecule has 0 amide bonds. The van der Waals surface area contributed by atoms with Crippen LogP contribution in [0.4, 0.5) is 5.13 Å². The minimum absolute atomic E-state index is 0.272. The first-order valence-corrected chi connectivity index (χ1v) is 7.63. The Balaban J connectivity index is 2.17. The summed E-state index contributed by atoms with van der Waals surface area (Å²) < 4.78 is 10.2. The molecule has 1 aromatic rings. The average Bonchev–Trinajstić information content (AvgIpc) is 2.84. The van der Waals surface area contributed by atoms with Crippen molar-refractivity contribution >= 4 is 22.4 Å². The van der Waals surface area contributed by atoms with E-state index in [1.807, 2.05) is 0 Å². The van der Waals surface area contributed by atoms with Crippen molar-refractivity contribution in [2.45, 2.75) is 32.4 Å². The number of anilines is 1. The molecule has 0 bridgehead atoms. The van der Waals surface area contributed by atoms with Gasteiger partial charge in [0.05, 0.1) is 18.9 Å². The van der Waals surface area contributed by atoms with E-state index in [9.17, 15) is 4.79 Å². The second-order valence-electron chi connectivity index (χ2n) is 4.75. The standard InChI is InChI=1S/C13H21N3O3S/c1-3-19-12(17)11-10(8-18-2)15-13(20-11)16-6-4-9(14)5-7-16/h9H,3-8,14H2,1-2H3. The van der Waals surface area contributed by atoms with E-state index in [1.54, 1.807) is 14.0 Å². The molecule has 0 spiro atoms. The Hall–Kier alpha value is -1.18. The van der Waals surface area contributed by atoms with E-state index in [4.69, 9.17) is 15.2 Å².